The molecular weight excluding hydrogens is 436 g/mol. The monoisotopic (exact) mass is 459 g/mol. The standard InChI is InChI=1S/C15H22F3N5O.C2HF3O2/c1-13(2,19)11-9-23(21-20-11)10-3-7-22(8-4-10)12(24)14(5-6-14)15(16,17)18;3-2(4,5)1(6)7/h9-10H,3-8,19H2,1-2H3;(H,6,7). The van der Waals surface area contributed by atoms with Crippen LogP contribution in [0.25, 0.3) is 0 Å². The Morgan fingerprint density at radius 3 is 1.94 bits per heavy atom. The maximum Gasteiger partial charge on any atom is 0.490 e. The first-order chi connectivity index (χ1) is 14.0. The van der Waals surface area contributed by atoms with E-state index in [1.54, 1.807) is 10.9 Å². The van der Waals surface area contributed by atoms with Crippen molar-refractivity contribution in [2.24, 2.45) is 11.1 Å². The number of rotatable bonds is 3. The number of alkyl halides is 6. The van der Waals surface area contributed by atoms with Crippen molar-refractivity contribution < 1.29 is 41.0 Å². The van der Waals surface area contributed by atoms with Gasteiger partial charge in [0.25, 0.3) is 0 Å². The van der Waals surface area contributed by atoms with Gasteiger partial charge in [0.05, 0.1) is 17.8 Å². The fraction of sp³-hybridized carbons (Fsp3) is 0.765. The lowest BCUT2D eigenvalue weighted by molar-refractivity contribution is -0.199. The summed E-state index contributed by atoms with van der Waals surface area (Å²) in [5, 5.41) is 15.3. The third kappa shape index (κ3) is 5.66. The molecule has 8 nitrogen and oxygen atoms in total. The van der Waals surface area contributed by atoms with E-state index in [4.69, 9.17) is 15.6 Å². The number of carbonyl (C=O) groups is 2. The van der Waals surface area contributed by atoms with Gasteiger partial charge in [-0.25, -0.2) is 9.48 Å². The van der Waals surface area contributed by atoms with Gasteiger partial charge >= 0.3 is 18.3 Å². The van der Waals surface area contributed by atoms with Gasteiger partial charge in [-0.2, -0.15) is 26.3 Å². The maximum atomic E-state index is 13.1. The average Bonchev–Trinajstić information content (AvgIpc) is 3.30. The molecule has 1 aliphatic heterocycles. The molecule has 1 aromatic rings. The smallest absolute Gasteiger partial charge is 0.475 e. The number of nitrogens with two attached hydrogens (primary N) is 1. The van der Waals surface area contributed by atoms with Crippen LogP contribution >= 0.6 is 0 Å². The number of nitrogens with zero attached hydrogens (tertiary/aromatic N) is 4. The van der Waals surface area contributed by atoms with Crippen LogP contribution in [0.15, 0.2) is 6.20 Å². The number of hydrogen-bond acceptors (Lipinski definition) is 5. The number of piperidine rings is 1. The van der Waals surface area contributed by atoms with Gasteiger partial charge in [-0.3, -0.25) is 4.79 Å². The summed E-state index contributed by atoms with van der Waals surface area (Å²) in [6.45, 7) is 4.27. The van der Waals surface area contributed by atoms with Gasteiger partial charge in [0, 0.05) is 13.1 Å². The van der Waals surface area contributed by atoms with Crippen molar-refractivity contribution >= 4 is 11.9 Å². The number of carboxylic acid groups (broad SMARTS) is 1. The lowest BCUT2D eigenvalue weighted by atomic mass is 9.99. The molecule has 1 amide bonds. The Morgan fingerprint density at radius 1 is 1.13 bits per heavy atom. The lowest BCUT2D eigenvalue weighted by Crippen LogP contribution is -2.47. The Labute approximate surface area is 173 Å². The minimum atomic E-state index is -5.08. The second-order valence-corrected chi connectivity index (χ2v) is 8.21. The third-order valence-corrected chi connectivity index (χ3v) is 5.24. The molecule has 176 valence electrons. The Morgan fingerprint density at radius 2 is 1.61 bits per heavy atom. The van der Waals surface area contributed by atoms with E-state index >= 15 is 0 Å². The molecule has 2 fully saturated rings. The highest BCUT2D eigenvalue weighted by Gasteiger charge is 2.69. The highest BCUT2D eigenvalue weighted by Crippen LogP contribution is 2.58. The molecule has 0 bridgehead atoms. The molecule has 3 rings (SSSR count). The van der Waals surface area contributed by atoms with Gasteiger partial charge in [0.1, 0.15) is 11.1 Å². The summed E-state index contributed by atoms with van der Waals surface area (Å²) in [4.78, 5) is 22.5. The second kappa shape index (κ2) is 8.28. The van der Waals surface area contributed by atoms with Crippen molar-refractivity contribution in [2.45, 2.75) is 63.5 Å². The molecule has 1 saturated carbocycles. The Hall–Kier alpha value is -2.38. The number of carbonyl (C=O) groups excluding carboxylic acids is 1. The number of carboxylic acids is 1. The van der Waals surface area contributed by atoms with Crippen LogP contribution in [0.5, 0.6) is 0 Å². The van der Waals surface area contributed by atoms with Crippen LogP contribution in [0, 0.1) is 5.41 Å². The van der Waals surface area contributed by atoms with Gasteiger partial charge in [0.2, 0.25) is 5.91 Å². The molecule has 1 saturated heterocycles. The topological polar surface area (TPSA) is 114 Å². The maximum absolute atomic E-state index is 13.1. The fourth-order valence-corrected chi connectivity index (χ4v) is 3.13. The molecule has 2 heterocycles. The van der Waals surface area contributed by atoms with E-state index in [0.717, 1.165) is 0 Å². The van der Waals surface area contributed by atoms with Crippen molar-refractivity contribution in [3.05, 3.63) is 11.9 Å². The van der Waals surface area contributed by atoms with Crippen molar-refractivity contribution in [3.63, 3.8) is 0 Å². The molecule has 1 aromatic heterocycles. The van der Waals surface area contributed by atoms with E-state index < -0.39 is 35.2 Å². The van der Waals surface area contributed by atoms with E-state index in [-0.39, 0.29) is 18.9 Å². The molecule has 0 unspecified atom stereocenters. The zero-order valence-corrected chi connectivity index (χ0v) is 16.8. The lowest BCUT2D eigenvalue weighted by Gasteiger charge is -2.34. The zero-order valence-electron chi connectivity index (χ0n) is 16.8. The minimum Gasteiger partial charge on any atom is -0.475 e. The fourth-order valence-electron chi connectivity index (χ4n) is 3.13. The first-order valence-corrected chi connectivity index (χ1v) is 9.36. The molecule has 31 heavy (non-hydrogen) atoms. The quantitative estimate of drug-likeness (QED) is 0.672. The van der Waals surface area contributed by atoms with Crippen molar-refractivity contribution in [3.8, 4) is 0 Å². The van der Waals surface area contributed by atoms with Gasteiger partial charge in [0.15, 0.2) is 0 Å². The number of likely N-dealkylation sites (tertiary alicyclic amines) is 1. The van der Waals surface area contributed by atoms with Crippen LogP contribution in [0.2, 0.25) is 0 Å². The van der Waals surface area contributed by atoms with Gasteiger partial charge in [-0.15, -0.1) is 5.10 Å². The molecule has 2 aliphatic rings. The number of amides is 1. The van der Waals surface area contributed by atoms with Gasteiger partial charge in [-0.05, 0) is 39.5 Å². The number of aromatic nitrogens is 3. The average molecular weight is 459 g/mol. The van der Waals surface area contributed by atoms with E-state index in [0.29, 0.717) is 31.6 Å². The number of hydrogen-bond donors (Lipinski definition) is 2. The Kier molecular flexibility index (Phi) is 6.65. The predicted octanol–water partition coefficient (Wildman–Crippen LogP) is 2.61. The summed E-state index contributed by atoms with van der Waals surface area (Å²) in [6, 6.07) is 0.0266. The normalized spacial score (nSPS) is 19.5. The molecule has 0 atom stereocenters. The Bertz CT molecular complexity index is 802. The molecule has 0 aromatic carbocycles. The van der Waals surface area contributed by atoms with E-state index in [1.165, 1.54) is 4.90 Å². The molecule has 14 heteroatoms. The summed E-state index contributed by atoms with van der Waals surface area (Å²) in [5.41, 5.74) is 3.93. The predicted molar refractivity (Wildman–Crippen MR) is 93.5 cm³/mol. The van der Waals surface area contributed by atoms with Gasteiger partial charge in [-0.1, -0.05) is 5.21 Å². The van der Waals surface area contributed by atoms with Gasteiger partial charge < -0.3 is 15.7 Å². The molecule has 1 aliphatic carbocycles. The van der Waals surface area contributed by atoms with E-state index in [9.17, 15) is 31.1 Å². The molecular formula is C17H23F6N5O3. The van der Waals surface area contributed by atoms with Crippen LogP contribution in [-0.4, -0.2) is 62.3 Å². The summed E-state index contributed by atoms with van der Waals surface area (Å²) < 4.78 is 72.7. The van der Waals surface area contributed by atoms with Crippen molar-refractivity contribution in [1.82, 2.24) is 19.9 Å². The summed E-state index contributed by atoms with van der Waals surface area (Å²) >= 11 is 0. The SMILES string of the molecule is CC(C)(N)c1cn(C2CCN(C(=O)C3(C(F)(F)F)CC3)CC2)nn1.O=C(O)C(F)(F)F. The van der Waals surface area contributed by atoms with Crippen LogP contribution in [0.3, 0.4) is 0 Å². The highest BCUT2D eigenvalue weighted by atomic mass is 19.4. The van der Waals surface area contributed by atoms with Crippen LogP contribution in [0.1, 0.15) is 51.3 Å². The summed E-state index contributed by atoms with van der Waals surface area (Å²) in [6.07, 6.45) is -6.81. The van der Waals surface area contributed by atoms with Crippen LogP contribution in [0.4, 0.5) is 26.3 Å². The number of halogens is 6. The Balaban J connectivity index is 0.000000423. The summed E-state index contributed by atoms with van der Waals surface area (Å²) in [5.74, 6) is -3.52. The van der Waals surface area contributed by atoms with Crippen molar-refractivity contribution in [2.75, 3.05) is 13.1 Å². The van der Waals surface area contributed by atoms with Crippen LogP contribution in [-0.2, 0) is 15.1 Å². The molecule has 3 N–H and O–H groups in total. The molecule has 0 radical (unpaired) electrons. The first kappa shape index (κ1) is 24.9. The van der Waals surface area contributed by atoms with E-state index in [1.807, 2.05) is 13.8 Å². The second-order valence-electron chi connectivity index (χ2n) is 8.21. The highest BCUT2D eigenvalue weighted by molar-refractivity contribution is 5.86. The number of aliphatic carboxylic acids is 1. The van der Waals surface area contributed by atoms with Crippen LogP contribution < -0.4 is 5.73 Å². The first-order valence-electron chi connectivity index (χ1n) is 9.36. The molecule has 0 spiro atoms. The van der Waals surface area contributed by atoms with Crippen molar-refractivity contribution in [1.29, 1.82) is 0 Å². The van der Waals surface area contributed by atoms with E-state index in [2.05, 4.69) is 10.3 Å². The zero-order chi connectivity index (χ0) is 23.8. The summed E-state index contributed by atoms with van der Waals surface area (Å²) in [7, 11) is 0. The third-order valence-electron chi connectivity index (χ3n) is 5.24. The minimum absolute atomic E-state index is 0.0266. The largest absolute Gasteiger partial charge is 0.490 e.